The van der Waals surface area contributed by atoms with Crippen molar-refractivity contribution in [1.82, 2.24) is 10.3 Å². The van der Waals surface area contributed by atoms with E-state index in [9.17, 15) is 4.39 Å². The van der Waals surface area contributed by atoms with Gasteiger partial charge in [0.1, 0.15) is 5.82 Å². The van der Waals surface area contributed by atoms with Gasteiger partial charge in [-0.15, -0.1) is 0 Å². The number of hydrogen-bond acceptors (Lipinski definition) is 4. The number of aromatic nitrogens is 1. The Labute approximate surface area is 169 Å². The molecular weight excluding hydrogens is 363 g/mol. The van der Waals surface area contributed by atoms with Gasteiger partial charge in [0.05, 0.1) is 24.5 Å². The first kappa shape index (κ1) is 17.7. The van der Waals surface area contributed by atoms with Crippen LogP contribution in [0.4, 0.5) is 4.39 Å². The minimum atomic E-state index is -0.148. The van der Waals surface area contributed by atoms with E-state index in [4.69, 9.17) is 4.99 Å². The second kappa shape index (κ2) is 7.59. The van der Waals surface area contributed by atoms with Crippen LogP contribution in [-0.4, -0.2) is 23.2 Å². The molecule has 0 amide bonds. The summed E-state index contributed by atoms with van der Waals surface area (Å²) in [6.07, 6.45) is 2.59. The Morgan fingerprint density at radius 2 is 1.72 bits per heavy atom. The number of pyridine rings is 1. The third-order valence-corrected chi connectivity index (χ3v) is 5.64. The molecule has 5 heteroatoms. The zero-order chi connectivity index (χ0) is 19.6. The van der Waals surface area contributed by atoms with Gasteiger partial charge < -0.3 is 5.32 Å². The lowest BCUT2D eigenvalue weighted by Gasteiger charge is -2.34. The maximum absolute atomic E-state index is 14.5. The van der Waals surface area contributed by atoms with Gasteiger partial charge in [0.15, 0.2) is 0 Å². The van der Waals surface area contributed by atoms with Crippen molar-refractivity contribution in [1.29, 1.82) is 0 Å². The molecule has 0 saturated heterocycles. The third kappa shape index (κ3) is 3.44. The van der Waals surface area contributed by atoms with Crippen LogP contribution in [0, 0.1) is 11.7 Å². The molecule has 1 aromatic heterocycles. The molecule has 1 N–H and O–H groups in total. The molecule has 2 aromatic carbocycles. The van der Waals surface area contributed by atoms with E-state index in [0.29, 0.717) is 19.0 Å². The average Bonchev–Trinajstić information content (AvgIpc) is 2.78. The first-order valence-electron chi connectivity index (χ1n) is 9.90. The molecule has 0 saturated carbocycles. The maximum atomic E-state index is 14.5. The maximum Gasteiger partial charge on any atom is 0.218 e. The van der Waals surface area contributed by atoms with Crippen LogP contribution in [0.2, 0.25) is 0 Å². The van der Waals surface area contributed by atoms with Gasteiger partial charge in [0.25, 0.3) is 0 Å². The average molecular weight is 384 g/mol. The number of guanidine groups is 1. The Hall–Kier alpha value is -3.34. The normalized spacial score (nSPS) is 20.2. The first-order chi connectivity index (χ1) is 14.3. The van der Waals surface area contributed by atoms with Gasteiger partial charge in [-0.05, 0) is 35.7 Å². The number of fused-ring (bicyclic) bond motifs is 3. The van der Waals surface area contributed by atoms with Crippen molar-refractivity contribution in [3.63, 3.8) is 0 Å². The largest absolute Gasteiger partial charge is 0.349 e. The Morgan fingerprint density at radius 3 is 2.55 bits per heavy atom. The Morgan fingerprint density at radius 1 is 0.931 bits per heavy atom. The van der Waals surface area contributed by atoms with Crippen molar-refractivity contribution >= 4 is 11.7 Å². The minimum absolute atomic E-state index is 0.0228. The van der Waals surface area contributed by atoms with Crippen LogP contribution in [0.15, 0.2) is 82.9 Å². The number of hydrogen-bond donors (Lipinski definition) is 1. The molecule has 0 fully saturated rings. The predicted octanol–water partition coefficient (Wildman–Crippen LogP) is 4.32. The van der Waals surface area contributed by atoms with Crippen molar-refractivity contribution in [2.45, 2.75) is 18.9 Å². The fraction of sp³-hybridized carbons (Fsp3) is 0.208. The van der Waals surface area contributed by atoms with Gasteiger partial charge in [-0.1, -0.05) is 48.5 Å². The number of nitrogens with zero attached hydrogens (tertiary/aromatic N) is 3. The van der Waals surface area contributed by atoms with E-state index in [1.165, 1.54) is 0 Å². The van der Waals surface area contributed by atoms with Crippen LogP contribution in [0.5, 0.6) is 0 Å². The summed E-state index contributed by atoms with van der Waals surface area (Å²) >= 11 is 0. The second-order valence-electron chi connectivity index (χ2n) is 7.43. The Balaban J connectivity index is 1.46. The molecule has 5 rings (SSSR count). The topological polar surface area (TPSA) is 49.6 Å². The number of halogens is 1. The van der Waals surface area contributed by atoms with Crippen LogP contribution >= 0.6 is 0 Å². The Bertz CT molecular complexity index is 1090. The quantitative estimate of drug-likeness (QED) is 0.731. The highest BCUT2D eigenvalue weighted by Gasteiger charge is 2.35. The summed E-state index contributed by atoms with van der Waals surface area (Å²) in [5.74, 6) is 0.704. The molecule has 1 aliphatic carbocycles. The van der Waals surface area contributed by atoms with Crippen LogP contribution in [0.25, 0.3) is 0 Å². The minimum Gasteiger partial charge on any atom is -0.349 e. The lowest BCUT2D eigenvalue weighted by atomic mass is 9.72. The lowest BCUT2D eigenvalue weighted by Crippen LogP contribution is -2.36. The van der Waals surface area contributed by atoms with E-state index in [1.54, 1.807) is 18.3 Å². The molecular formula is C24H21FN4. The van der Waals surface area contributed by atoms with Gasteiger partial charge >= 0.3 is 0 Å². The molecule has 0 radical (unpaired) electrons. The summed E-state index contributed by atoms with van der Waals surface area (Å²) in [5, 5.41) is 3.29. The summed E-state index contributed by atoms with van der Waals surface area (Å²) in [6, 6.07) is 21.2. The zero-order valence-corrected chi connectivity index (χ0v) is 15.9. The van der Waals surface area contributed by atoms with Crippen LogP contribution in [0.3, 0.4) is 0 Å². The van der Waals surface area contributed by atoms with E-state index in [-0.39, 0.29) is 17.7 Å². The molecule has 0 bridgehead atoms. The van der Waals surface area contributed by atoms with Gasteiger partial charge in [0, 0.05) is 23.6 Å². The van der Waals surface area contributed by atoms with Crippen molar-refractivity contribution in [2.75, 3.05) is 6.54 Å². The molecule has 29 heavy (non-hydrogen) atoms. The fourth-order valence-corrected chi connectivity index (χ4v) is 4.26. The first-order valence-corrected chi connectivity index (χ1v) is 9.90. The van der Waals surface area contributed by atoms with E-state index in [0.717, 1.165) is 34.5 Å². The Kier molecular flexibility index (Phi) is 4.64. The molecule has 1 aliphatic heterocycles. The summed E-state index contributed by atoms with van der Waals surface area (Å²) in [4.78, 5) is 13.8. The smallest absolute Gasteiger partial charge is 0.218 e. The standard InChI is InChI=1S/C24H21FN4/c25-22-11-4-3-9-19(22)21-13-16-14-27-24(28-15-17-7-5-6-12-26-17)29-23(16)20-10-2-1-8-18(20)21/h1-12,16,21H,13-15H2,(H,27,28). The van der Waals surface area contributed by atoms with Crippen molar-refractivity contribution in [2.24, 2.45) is 15.9 Å². The van der Waals surface area contributed by atoms with Crippen molar-refractivity contribution in [3.8, 4) is 0 Å². The molecule has 2 aliphatic rings. The molecule has 144 valence electrons. The fourth-order valence-electron chi connectivity index (χ4n) is 4.26. The summed E-state index contributed by atoms with van der Waals surface area (Å²) in [7, 11) is 0. The highest BCUT2D eigenvalue weighted by molar-refractivity contribution is 6.11. The molecule has 4 nitrogen and oxygen atoms in total. The van der Waals surface area contributed by atoms with Gasteiger partial charge in [-0.3, -0.25) is 9.98 Å². The molecule has 2 unspecified atom stereocenters. The molecule has 2 atom stereocenters. The van der Waals surface area contributed by atoms with Crippen LogP contribution in [0.1, 0.15) is 34.7 Å². The number of aliphatic imine (C=N–C) groups is 2. The summed E-state index contributed by atoms with van der Waals surface area (Å²) < 4.78 is 14.5. The van der Waals surface area contributed by atoms with E-state index in [2.05, 4.69) is 27.4 Å². The monoisotopic (exact) mass is 384 g/mol. The van der Waals surface area contributed by atoms with Gasteiger partial charge in [-0.25, -0.2) is 9.38 Å². The van der Waals surface area contributed by atoms with Crippen LogP contribution < -0.4 is 5.32 Å². The van der Waals surface area contributed by atoms with Crippen molar-refractivity contribution < 1.29 is 4.39 Å². The lowest BCUT2D eigenvalue weighted by molar-refractivity contribution is 0.531. The summed E-state index contributed by atoms with van der Waals surface area (Å²) in [6.45, 7) is 1.24. The zero-order valence-electron chi connectivity index (χ0n) is 15.9. The highest BCUT2D eigenvalue weighted by Crippen LogP contribution is 2.41. The van der Waals surface area contributed by atoms with E-state index >= 15 is 0 Å². The van der Waals surface area contributed by atoms with E-state index in [1.807, 2.05) is 42.5 Å². The third-order valence-electron chi connectivity index (χ3n) is 5.64. The number of nitrogens with one attached hydrogen (secondary N) is 1. The van der Waals surface area contributed by atoms with Crippen molar-refractivity contribution in [3.05, 3.63) is 101 Å². The van der Waals surface area contributed by atoms with Crippen LogP contribution in [-0.2, 0) is 6.54 Å². The molecule has 2 heterocycles. The van der Waals surface area contributed by atoms with Gasteiger partial charge in [-0.2, -0.15) is 0 Å². The molecule has 3 aromatic rings. The summed E-state index contributed by atoms with van der Waals surface area (Å²) in [5.41, 5.74) is 4.98. The SMILES string of the molecule is Fc1ccccc1C1CC2CN=C(NCc3ccccn3)N=C2c2ccccc21. The second-order valence-corrected chi connectivity index (χ2v) is 7.43. The number of rotatable bonds is 3. The van der Waals surface area contributed by atoms with E-state index < -0.39 is 0 Å². The molecule has 0 spiro atoms. The highest BCUT2D eigenvalue weighted by atomic mass is 19.1. The predicted molar refractivity (Wildman–Crippen MR) is 113 cm³/mol. The van der Waals surface area contributed by atoms with Gasteiger partial charge in [0.2, 0.25) is 5.96 Å². The number of benzene rings is 2.